The van der Waals surface area contributed by atoms with E-state index in [1.165, 1.54) is 12.1 Å². The molecule has 1 aliphatic heterocycles. The van der Waals surface area contributed by atoms with Crippen molar-refractivity contribution in [1.82, 2.24) is 5.32 Å². The molecule has 0 unspecified atom stereocenters. The van der Waals surface area contributed by atoms with E-state index in [1.807, 2.05) is 0 Å². The molecule has 0 aliphatic carbocycles. The topological polar surface area (TPSA) is 119 Å². The van der Waals surface area contributed by atoms with Gasteiger partial charge in [-0.05, 0) is 18.2 Å². The van der Waals surface area contributed by atoms with Crippen molar-refractivity contribution >= 4 is 27.3 Å². The number of primary sulfonamides is 1. The van der Waals surface area contributed by atoms with E-state index in [0.29, 0.717) is 18.8 Å². The molecular formula is C10H14N4O3S. The van der Waals surface area contributed by atoms with E-state index in [-0.39, 0.29) is 23.0 Å². The predicted octanol–water partition coefficient (Wildman–Crippen LogP) is -1.15. The molecule has 98 valence electrons. The number of benzene rings is 1. The van der Waals surface area contributed by atoms with Gasteiger partial charge in [-0.3, -0.25) is 4.79 Å². The summed E-state index contributed by atoms with van der Waals surface area (Å²) in [5.74, 6) is -0.0869. The molecule has 0 radical (unpaired) electrons. The van der Waals surface area contributed by atoms with Gasteiger partial charge in [0.25, 0.3) is 0 Å². The predicted molar refractivity (Wildman–Crippen MR) is 67.5 cm³/mol. The minimum absolute atomic E-state index is 0.0368. The Kier molecular flexibility index (Phi) is 3.14. The lowest BCUT2D eigenvalue weighted by Gasteiger charge is -2.29. The van der Waals surface area contributed by atoms with E-state index >= 15 is 0 Å². The number of sulfonamides is 1. The third kappa shape index (κ3) is 2.54. The van der Waals surface area contributed by atoms with Crippen molar-refractivity contribution in [3.8, 4) is 0 Å². The first-order valence-corrected chi connectivity index (χ1v) is 6.86. The number of nitrogens with one attached hydrogen (secondary N) is 1. The highest BCUT2D eigenvalue weighted by Gasteiger charge is 2.19. The second-order valence-corrected chi connectivity index (χ2v) is 5.60. The molecule has 8 heteroatoms. The first-order valence-electron chi connectivity index (χ1n) is 5.32. The van der Waals surface area contributed by atoms with Crippen LogP contribution in [-0.4, -0.2) is 34.0 Å². The number of anilines is 2. The molecule has 1 saturated heterocycles. The highest BCUT2D eigenvalue weighted by molar-refractivity contribution is 7.89. The largest absolute Gasteiger partial charge is 0.397 e. The summed E-state index contributed by atoms with van der Waals surface area (Å²) in [5, 5.41) is 7.71. The van der Waals surface area contributed by atoms with Crippen LogP contribution < -0.4 is 21.1 Å². The monoisotopic (exact) mass is 270 g/mol. The molecular weight excluding hydrogens is 256 g/mol. The highest BCUT2D eigenvalue weighted by Crippen LogP contribution is 2.26. The fourth-order valence-corrected chi connectivity index (χ4v) is 2.39. The number of nitrogens with zero attached hydrogens (tertiary/aromatic N) is 1. The van der Waals surface area contributed by atoms with E-state index in [9.17, 15) is 13.2 Å². The lowest BCUT2D eigenvalue weighted by molar-refractivity contribution is -0.120. The van der Waals surface area contributed by atoms with Gasteiger partial charge < -0.3 is 16.0 Å². The van der Waals surface area contributed by atoms with Crippen molar-refractivity contribution in [1.29, 1.82) is 0 Å². The van der Waals surface area contributed by atoms with E-state index in [4.69, 9.17) is 10.9 Å². The molecule has 1 amide bonds. The van der Waals surface area contributed by atoms with Crippen LogP contribution in [-0.2, 0) is 14.8 Å². The minimum Gasteiger partial charge on any atom is -0.397 e. The summed E-state index contributed by atoms with van der Waals surface area (Å²) in [4.78, 5) is 13.0. The lowest BCUT2D eigenvalue weighted by Crippen LogP contribution is -2.47. The Morgan fingerprint density at radius 1 is 1.33 bits per heavy atom. The Labute approximate surface area is 105 Å². The van der Waals surface area contributed by atoms with Gasteiger partial charge in [0.2, 0.25) is 15.9 Å². The van der Waals surface area contributed by atoms with Crippen molar-refractivity contribution in [3.63, 3.8) is 0 Å². The third-order valence-electron chi connectivity index (χ3n) is 2.71. The van der Waals surface area contributed by atoms with Crippen LogP contribution in [0.1, 0.15) is 0 Å². The second-order valence-electron chi connectivity index (χ2n) is 4.04. The van der Waals surface area contributed by atoms with Crippen LogP contribution in [0.2, 0.25) is 0 Å². The molecule has 18 heavy (non-hydrogen) atoms. The van der Waals surface area contributed by atoms with Crippen LogP contribution >= 0.6 is 0 Å². The van der Waals surface area contributed by atoms with E-state index in [1.54, 1.807) is 11.0 Å². The van der Waals surface area contributed by atoms with E-state index < -0.39 is 10.0 Å². The molecule has 0 saturated carbocycles. The zero-order valence-electron chi connectivity index (χ0n) is 9.59. The zero-order valence-corrected chi connectivity index (χ0v) is 10.4. The molecule has 1 aromatic rings. The SMILES string of the molecule is Nc1cc(S(N)(=O)=O)ccc1N1CCNC(=O)C1. The van der Waals surface area contributed by atoms with Gasteiger partial charge >= 0.3 is 0 Å². The lowest BCUT2D eigenvalue weighted by atomic mass is 10.2. The number of rotatable bonds is 2. The number of carbonyl (C=O) groups is 1. The fourth-order valence-electron chi connectivity index (χ4n) is 1.84. The zero-order chi connectivity index (χ0) is 13.3. The number of nitrogens with two attached hydrogens (primary N) is 2. The van der Waals surface area contributed by atoms with Crippen molar-refractivity contribution in [2.75, 3.05) is 30.3 Å². The van der Waals surface area contributed by atoms with Crippen LogP contribution in [0.3, 0.4) is 0 Å². The summed E-state index contributed by atoms with van der Waals surface area (Å²) in [5.41, 5.74) is 6.73. The number of piperazine rings is 1. The molecule has 2 rings (SSSR count). The third-order valence-corrected chi connectivity index (χ3v) is 3.62. The summed E-state index contributed by atoms with van der Waals surface area (Å²) >= 11 is 0. The summed E-state index contributed by atoms with van der Waals surface area (Å²) in [6.07, 6.45) is 0. The van der Waals surface area contributed by atoms with Crippen LogP contribution in [0.25, 0.3) is 0 Å². The Morgan fingerprint density at radius 3 is 2.61 bits per heavy atom. The summed E-state index contributed by atoms with van der Waals surface area (Å²) in [6, 6.07) is 4.25. The quantitative estimate of drug-likeness (QED) is 0.586. The fraction of sp³-hybridized carbons (Fsp3) is 0.300. The number of carbonyl (C=O) groups excluding carboxylic acids is 1. The van der Waals surface area contributed by atoms with E-state index in [2.05, 4.69) is 5.32 Å². The molecule has 7 nitrogen and oxygen atoms in total. The Bertz CT molecular complexity index is 585. The minimum atomic E-state index is -3.76. The number of hydrogen-bond donors (Lipinski definition) is 3. The van der Waals surface area contributed by atoms with Gasteiger partial charge in [0.15, 0.2) is 0 Å². The maximum absolute atomic E-state index is 11.3. The molecule has 0 spiro atoms. The molecule has 1 heterocycles. The molecule has 0 atom stereocenters. The second kappa shape index (κ2) is 4.46. The number of amides is 1. The number of hydrogen-bond acceptors (Lipinski definition) is 5. The van der Waals surface area contributed by atoms with Gasteiger partial charge in [0.05, 0.1) is 22.8 Å². The van der Waals surface area contributed by atoms with Crippen molar-refractivity contribution in [2.45, 2.75) is 4.90 Å². The first kappa shape index (κ1) is 12.7. The van der Waals surface area contributed by atoms with Gasteiger partial charge in [-0.25, -0.2) is 13.6 Å². The normalized spacial score (nSPS) is 16.5. The van der Waals surface area contributed by atoms with Crippen LogP contribution in [0.5, 0.6) is 0 Å². The van der Waals surface area contributed by atoms with Crippen molar-refractivity contribution < 1.29 is 13.2 Å². The number of nitrogen functional groups attached to an aromatic ring is 1. The highest BCUT2D eigenvalue weighted by atomic mass is 32.2. The molecule has 1 fully saturated rings. The first-order chi connectivity index (χ1) is 8.38. The molecule has 0 bridgehead atoms. The Balaban J connectivity index is 2.33. The summed E-state index contributed by atoms with van der Waals surface area (Å²) < 4.78 is 22.3. The van der Waals surface area contributed by atoms with Crippen molar-refractivity contribution in [2.24, 2.45) is 5.14 Å². The summed E-state index contributed by atoms with van der Waals surface area (Å²) in [7, 11) is -3.76. The molecule has 0 aromatic heterocycles. The van der Waals surface area contributed by atoms with Crippen molar-refractivity contribution in [3.05, 3.63) is 18.2 Å². The molecule has 1 aliphatic rings. The van der Waals surface area contributed by atoms with Gasteiger partial charge in [0.1, 0.15) is 0 Å². The Morgan fingerprint density at radius 2 is 2.06 bits per heavy atom. The maximum atomic E-state index is 11.3. The standard InChI is InChI=1S/C10H14N4O3S/c11-8-5-7(18(12,16)17)1-2-9(8)14-4-3-13-10(15)6-14/h1-2,5H,3-4,6,11H2,(H,13,15)(H2,12,16,17). The Hall–Kier alpha value is -1.80. The van der Waals surface area contributed by atoms with Gasteiger partial charge in [0, 0.05) is 13.1 Å². The molecule has 1 aromatic carbocycles. The van der Waals surface area contributed by atoms with Crippen LogP contribution in [0.4, 0.5) is 11.4 Å². The summed E-state index contributed by atoms with van der Waals surface area (Å²) in [6.45, 7) is 1.37. The van der Waals surface area contributed by atoms with Gasteiger partial charge in [-0.2, -0.15) is 0 Å². The average Bonchev–Trinajstić information content (AvgIpc) is 2.27. The maximum Gasteiger partial charge on any atom is 0.239 e. The molecule has 5 N–H and O–H groups in total. The van der Waals surface area contributed by atoms with E-state index in [0.717, 1.165) is 0 Å². The van der Waals surface area contributed by atoms with Crippen LogP contribution in [0.15, 0.2) is 23.1 Å². The van der Waals surface area contributed by atoms with Gasteiger partial charge in [-0.15, -0.1) is 0 Å². The average molecular weight is 270 g/mol. The van der Waals surface area contributed by atoms with Crippen LogP contribution in [0, 0.1) is 0 Å². The van der Waals surface area contributed by atoms with Gasteiger partial charge in [-0.1, -0.05) is 0 Å². The smallest absolute Gasteiger partial charge is 0.239 e.